The van der Waals surface area contributed by atoms with Crippen molar-refractivity contribution in [2.45, 2.75) is 33.1 Å². The lowest BCUT2D eigenvalue weighted by atomic mass is 10.1. The summed E-state index contributed by atoms with van der Waals surface area (Å²) in [5, 5.41) is 0. The van der Waals surface area contributed by atoms with Crippen LogP contribution in [-0.2, 0) is 11.2 Å². The summed E-state index contributed by atoms with van der Waals surface area (Å²) >= 11 is 1.62. The third kappa shape index (κ3) is 5.80. The molecule has 0 bridgehead atoms. The van der Waals surface area contributed by atoms with Crippen molar-refractivity contribution in [1.29, 1.82) is 0 Å². The zero-order valence-electron chi connectivity index (χ0n) is 15.0. The zero-order chi connectivity index (χ0) is 18.2. The molecule has 0 aliphatic rings. The molecule has 0 saturated heterocycles. The average Bonchev–Trinajstić information content (AvgIpc) is 2.95. The van der Waals surface area contributed by atoms with E-state index in [0.717, 1.165) is 21.7 Å². The third-order valence-corrected chi connectivity index (χ3v) is 5.14. The molecule has 1 aromatic carbocycles. The minimum atomic E-state index is -0.000615. The van der Waals surface area contributed by atoms with E-state index >= 15 is 0 Å². The molecular formula is C20H26N2O2S. The van der Waals surface area contributed by atoms with E-state index in [2.05, 4.69) is 12.1 Å². The lowest BCUT2D eigenvalue weighted by molar-refractivity contribution is -0.131. The summed E-state index contributed by atoms with van der Waals surface area (Å²) in [7, 11) is 0. The highest BCUT2D eigenvalue weighted by Crippen LogP contribution is 2.22. The molecule has 4 nitrogen and oxygen atoms in total. The minimum Gasteiger partial charge on any atom is -0.341 e. The summed E-state index contributed by atoms with van der Waals surface area (Å²) in [5.41, 5.74) is 7.59. The highest BCUT2D eigenvalue weighted by Gasteiger charge is 2.17. The maximum atomic E-state index is 12.5. The normalized spacial score (nSPS) is 10.7. The van der Waals surface area contributed by atoms with Gasteiger partial charge < -0.3 is 10.6 Å². The second-order valence-corrected chi connectivity index (χ2v) is 7.62. The van der Waals surface area contributed by atoms with E-state index in [4.69, 9.17) is 5.73 Å². The van der Waals surface area contributed by atoms with Crippen molar-refractivity contribution in [1.82, 2.24) is 4.90 Å². The number of carbonyl (C=O) groups excluding carboxylic acids is 2. The van der Waals surface area contributed by atoms with Crippen LogP contribution in [0.25, 0.3) is 0 Å². The number of carbonyl (C=O) groups is 2. The Morgan fingerprint density at radius 2 is 1.80 bits per heavy atom. The van der Waals surface area contributed by atoms with Crippen molar-refractivity contribution < 1.29 is 9.59 Å². The van der Waals surface area contributed by atoms with Crippen molar-refractivity contribution in [3.8, 4) is 0 Å². The molecule has 1 aromatic heterocycles. The molecule has 134 valence electrons. The van der Waals surface area contributed by atoms with Gasteiger partial charge in [0.15, 0.2) is 5.78 Å². The number of ketones is 1. The predicted molar refractivity (Wildman–Crippen MR) is 103 cm³/mol. The Morgan fingerprint density at radius 1 is 1.08 bits per heavy atom. The van der Waals surface area contributed by atoms with Crippen LogP contribution in [0.2, 0.25) is 0 Å². The quantitative estimate of drug-likeness (QED) is 0.699. The third-order valence-electron chi connectivity index (χ3n) is 4.17. The first-order valence-corrected chi connectivity index (χ1v) is 9.45. The SMILES string of the molecule is Cc1cc(C(=O)CCC(=O)N(CCN)CCc2ccccc2)c(C)s1. The van der Waals surface area contributed by atoms with Crippen LogP contribution in [0.15, 0.2) is 36.4 Å². The number of benzene rings is 1. The number of thiophene rings is 1. The highest BCUT2D eigenvalue weighted by atomic mass is 32.1. The highest BCUT2D eigenvalue weighted by molar-refractivity contribution is 7.12. The van der Waals surface area contributed by atoms with Crippen molar-refractivity contribution in [3.63, 3.8) is 0 Å². The van der Waals surface area contributed by atoms with Crippen LogP contribution in [0.1, 0.15) is 38.5 Å². The van der Waals surface area contributed by atoms with Gasteiger partial charge in [0.1, 0.15) is 0 Å². The van der Waals surface area contributed by atoms with Gasteiger partial charge in [0, 0.05) is 47.8 Å². The van der Waals surface area contributed by atoms with Gasteiger partial charge in [-0.15, -0.1) is 11.3 Å². The monoisotopic (exact) mass is 358 g/mol. The number of amides is 1. The zero-order valence-corrected chi connectivity index (χ0v) is 15.8. The van der Waals surface area contributed by atoms with Crippen molar-refractivity contribution >= 4 is 23.0 Å². The van der Waals surface area contributed by atoms with Gasteiger partial charge in [0.05, 0.1) is 0 Å². The van der Waals surface area contributed by atoms with Gasteiger partial charge in [0.25, 0.3) is 0 Å². The van der Waals surface area contributed by atoms with Gasteiger partial charge in [-0.1, -0.05) is 30.3 Å². The molecule has 0 aliphatic carbocycles. The topological polar surface area (TPSA) is 63.4 Å². The number of rotatable bonds is 9. The molecule has 2 rings (SSSR count). The van der Waals surface area contributed by atoms with Crippen LogP contribution in [-0.4, -0.2) is 36.2 Å². The van der Waals surface area contributed by atoms with Crippen molar-refractivity contribution in [2.24, 2.45) is 5.73 Å². The maximum Gasteiger partial charge on any atom is 0.223 e. The molecule has 0 aliphatic heterocycles. The first-order valence-electron chi connectivity index (χ1n) is 8.63. The summed E-state index contributed by atoms with van der Waals surface area (Å²) < 4.78 is 0. The molecule has 0 radical (unpaired) electrons. The molecule has 0 fully saturated rings. The lowest BCUT2D eigenvalue weighted by Gasteiger charge is -2.22. The number of nitrogens with two attached hydrogens (primary N) is 1. The molecule has 0 saturated carbocycles. The Labute approximate surface area is 153 Å². The summed E-state index contributed by atoms with van der Waals surface area (Å²) in [6, 6.07) is 12.0. The summed E-state index contributed by atoms with van der Waals surface area (Å²) in [6.07, 6.45) is 1.29. The molecular weight excluding hydrogens is 332 g/mol. The fraction of sp³-hybridized carbons (Fsp3) is 0.400. The maximum absolute atomic E-state index is 12.5. The minimum absolute atomic E-state index is 0.000615. The van der Waals surface area contributed by atoms with E-state index < -0.39 is 0 Å². The Balaban J connectivity index is 1.89. The smallest absolute Gasteiger partial charge is 0.223 e. The van der Waals surface area contributed by atoms with Crippen LogP contribution in [0.4, 0.5) is 0 Å². The molecule has 5 heteroatoms. The van der Waals surface area contributed by atoms with E-state index in [0.29, 0.717) is 19.6 Å². The Bertz CT molecular complexity index is 710. The molecule has 0 atom stereocenters. The average molecular weight is 359 g/mol. The summed E-state index contributed by atoms with van der Waals surface area (Å²) in [4.78, 5) is 28.8. The van der Waals surface area contributed by atoms with Gasteiger partial charge in [0.2, 0.25) is 5.91 Å². The molecule has 0 spiro atoms. The van der Waals surface area contributed by atoms with Crippen LogP contribution in [0.5, 0.6) is 0 Å². The summed E-state index contributed by atoms with van der Waals surface area (Å²) in [5.74, 6) is 0.0466. The van der Waals surface area contributed by atoms with Gasteiger partial charge in [-0.3, -0.25) is 9.59 Å². The molecule has 2 N–H and O–H groups in total. The van der Waals surface area contributed by atoms with E-state index in [-0.39, 0.29) is 24.5 Å². The summed E-state index contributed by atoms with van der Waals surface area (Å²) in [6.45, 7) is 5.53. The van der Waals surface area contributed by atoms with Crippen LogP contribution >= 0.6 is 11.3 Å². The van der Waals surface area contributed by atoms with E-state index in [1.807, 2.05) is 38.1 Å². The number of nitrogens with zero attached hydrogens (tertiary/aromatic N) is 1. The Morgan fingerprint density at radius 3 is 2.40 bits per heavy atom. The van der Waals surface area contributed by atoms with Crippen LogP contribution in [0, 0.1) is 13.8 Å². The molecule has 1 amide bonds. The fourth-order valence-electron chi connectivity index (χ4n) is 2.85. The second-order valence-electron chi connectivity index (χ2n) is 6.16. The first-order chi connectivity index (χ1) is 12.0. The molecule has 25 heavy (non-hydrogen) atoms. The lowest BCUT2D eigenvalue weighted by Crippen LogP contribution is -2.37. The molecule has 1 heterocycles. The number of hydrogen-bond acceptors (Lipinski definition) is 4. The predicted octanol–water partition coefficient (Wildman–Crippen LogP) is 3.36. The van der Waals surface area contributed by atoms with Crippen molar-refractivity contribution in [2.75, 3.05) is 19.6 Å². The van der Waals surface area contributed by atoms with Gasteiger partial charge in [-0.25, -0.2) is 0 Å². The van der Waals surface area contributed by atoms with Crippen LogP contribution < -0.4 is 5.73 Å². The van der Waals surface area contributed by atoms with Crippen molar-refractivity contribution in [3.05, 3.63) is 57.3 Å². The number of Topliss-reactive ketones (excluding diaryl/α,β-unsaturated/α-hetero) is 1. The Hall–Kier alpha value is -1.98. The largest absolute Gasteiger partial charge is 0.341 e. The fourth-order valence-corrected chi connectivity index (χ4v) is 3.79. The van der Waals surface area contributed by atoms with Crippen LogP contribution in [0.3, 0.4) is 0 Å². The van der Waals surface area contributed by atoms with Gasteiger partial charge in [-0.05, 0) is 31.9 Å². The van der Waals surface area contributed by atoms with E-state index in [1.54, 1.807) is 16.2 Å². The standard InChI is InChI=1S/C20H26N2O2S/c1-15-14-18(16(2)25-15)19(23)8-9-20(24)22(13-11-21)12-10-17-6-4-3-5-7-17/h3-7,14H,8-13,21H2,1-2H3. The number of hydrogen-bond donors (Lipinski definition) is 1. The van der Waals surface area contributed by atoms with E-state index in [9.17, 15) is 9.59 Å². The molecule has 2 aromatic rings. The number of aryl methyl sites for hydroxylation is 2. The van der Waals surface area contributed by atoms with Gasteiger partial charge >= 0.3 is 0 Å². The Kier molecular flexibility index (Phi) is 7.34. The first kappa shape index (κ1) is 19.3. The molecule has 0 unspecified atom stereocenters. The second kappa shape index (κ2) is 9.49. The van der Waals surface area contributed by atoms with E-state index in [1.165, 1.54) is 5.56 Å². The van der Waals surface area contributed by atoms with Gasteiger partial charge in [-0.2, -0.15) is 0 Å².